The van der Waals surface area contributed by atoms with Gasteiger partial charge in [-0.15, -0.1) is 5.92 Å². The van der Waals surface area contributed by atoms with Crippen LogP contribution in [-0.2, 0) is 0 Å². The Morgan fingerprint density at radius 1 is 1.55 bits per heavy atom. The van der Waals surface area contributed by atoms with Crippen molar-refractivity contribution in [3.63, 3.8) is 0 Å². The first-order chi connectivity index (χ1) is 5.23. The summed E-state index contributed by atoms with van der Waals surface area (Å²) in [5, 5.41) is 9.98. The first-order valence-electron chi connectivity index (χ1n) is 4.39. The van der Waals surface area contributed by atoms with E-state index in [0.717, 1.165) is 25.7 Å². The van der Waals surface area contributed by atoms with Crippen LogP contribution >= 0.6 is 0 Å². The van der Waals surface area contributed by atoms with Crippen LogP contribution in [0.25, 0.3) is 0 Å². The van der Waals surface area contributed by atoms with Crippen LogP contribution in [0.3, 0.4) is 0 Å². The van der Waals surface area contributed by atoms with E-state index in [-0.39, 0.29) is 0 Å². The van der Waals surface area contributed by atoms with Crippen LogP contribution in [0.2, 0.25) is 0 Å². The van der Waals surface area contributed by atoms with E-state index in [1.807, 2.05) is 0 Å². The van der Waals surface area contributed by atoms with Gasteiger partial charge in [0.05, 0.1) is 0 Å². The lowest BCUT2D eigenvalue weighted by atomic mass is 9.93. The van der Waals surface area contributed by atoms with E-state index in [2.05, 4.69) is 18.8 Å². The summed E-state index contributed by atoms with van der Waals surface area (Å²) in [4.78, 5) is 0. The minimum atomic E-state index is -0.649. The standard InChI is InChI=1S/C10H16O/c1-3-7-10(11,8-4-2)9-5-6-9/h9,11H,3,5-7H2,1-2H3. The molecule has 1 aliphatic carbocycles. The summed E-state index contributed by atoms with van der Waals surface area (Å²) in [5.74, 6) is 6.21. The van der Waals surface area contributed by atoms with Crippen molar-refractivity contribution >= 4 is 0 Å². The van der Waals surface area contributed by atoms with Gasteiger partial charge in [0.15, 0.2) is 0 Å². The monoisotopic (exact) mass is 152 g/mol. The summed E-state index contributed by atoms with van der Waals surface area (Å²) in [7, 11) is 0. The van der Waals surface area contributed by atoms with Gasteiger partial charge in [-0.05, 0) is 32.1 Å². The molecule has 0 aromatic rings. The average molecular weight is 152 g/mol. The molecule has 1 N–H and O–H groups in total. The van der Waals surface area contributed by atoms with Gasteiger partial charge in [0.25, 0.3) is 0 Å². The zero-order valence-electron chi connectivity index (χ0n) is 7.35. The Bertz CT molecular complexity index is 183. The second-order valence-electron chi connectivity index (χ2n) is 3.32. The fourth-order valence-electron chi connectivity index (χ4n) is 1.53. The Morgan fingerprint density at radius 2 is 2.18 bits per heavy atom. The van der Waals surface area contributed by atoms with E-state index in [1.54, 1.807) is 6.92 Å². The molecule has 11 heavy (non-hydrogen) atoms. The molecule has 1 rings (SSSR count). The molecular formula is C10H16O. The fraction of sp³-hybridized carbons (Fsp3) is 0.800. The van der Waals surface area contributed by atoms with Crippen LogP contribution in [-0.4, -0.2) is 10.7 Å². The topological polar surface area (TPSA) is 20.2 Å². The number of aliphatic hydroxyl groups is 1. The second kappa shape index (κ2) is 3.28. The molecule has 0 aromatic carbocycles. The van der Waals surface area contributed by atoms with Gasteiger partial charge < -0.3 is 5.11 Å². The van der Waals surface area contributed by atoms with E-state index in [9.17, 15) is 5.11 Å². The molecular weight excluding hydrogens is 136 g/mol. The van der Waals surface area contributed by atoms with Crippen molar-refractivity contribution in [2.45, 2.75) is 45.1 Å². The molecule has 62 valence electrons. The predicted octanol–water partition coefficient (Wildman–Crippen LogP) is 1.95. The van der Waals surface area contributed by atoms with Crippen molar-refractivity contribution in [3.05, 3.63) is 0 Å². The minimum absolute atomic E-state index is 0.467. The average Bonchev–Trinajstić information content (AvgIpc) is 2.68. The van der Waals surface area contributed by atoms with Crippen LogP contribution in [0, 0.1) is 17.8 Å². The van der Waals surface area contributed by atoms with Gasteiger partial charge in [-0.1, -0.05) is 19.3 Å². The SMILES string of the molecule is CC#CC(O)(CCC)C1CC1. The Labute approximate surface area is 68.8 Å². The van der Waals surface area contributed by atoms with Crippen molar-refractivity contribution in [1.29, 1.82) is 0 Å². The van der Waals surface area contributed by atoms with E-state index >= 15 is 0 Å². The van der Waals surface area contributed by atoms with Gasteiger partial charge in [0.2, 0.25) is 0 Å². The van der Waals surface area contributed by atoms with Gasteiger partial charge in [0.1, 0.15) is 5.60 Å². The zero-order valence-corrected chi connectivity index (χ0v) is 7.35. The molecule has 0 radical (unpaired) electrons. The highest BCUT2D eigenvalue weighted by molar-refractivity contribution is 5.17. The molecule has 1 atom stereocenters. The number of hydrogen-bond acceptors (Lipinski definition) is 1. The molecule has 0 heterocycles. The van der Waals surface area contributed by atoms with Crippen molar-refractivity contribution in [2.75, 3.05) is 0 Å². The molecule has 1 aliphatic rings. The van der Waals surface area contributed by atoms with Gasteiger partial charge in [0, 0.05) is 0 Å². The van der Waals surface area contributed by atoms with Crippen molar-refractivity contribution in [2.24, 2.45) is 5.92 Å². The smallest absolute Gasteiger partial charge is 0.128 e. The fourth-order valence-corrected chi connectivity index (χ4v) is 1.53. The third kappa shape index (κ3) is 1.97. The highest BCUT2D eigenvalue weighted by Crippen LogP contribution is 2.41. The minimum Gasteiger partial charge on any atom is -0.377 e. The first-order valence-corrected chi connectivity index (χ1v) is 4.39. The van der Waals surface area contributed by atoms with E-state index in [0.29, 0.717) is 5.92 Å². The van der Waals surface area contributed by atoms with E-state index in [1.165, 1.54) is 0 Å². The lowest BCUT2D eigenvalue weighted by Gasteiger charge is -2.20. The lowest BCUT2D eigenvalue weighted by Crippen LogP contribution is -2.28. The number of hydrogen-bond donors (Lipinski definition) is 1. The third-order valence-corrected chi connectivity index (χ3v) is 2.23. The molecule has 1 saturated carbocycles. The van der Waals surface area contributed by atoms with Crippen LogP contribution < -0.4 is 0 Å². The maximum absolute atomic E-state index is 9.98. The van der Waals surface area contributed by atoms with Gasteiger partial charge in [-0.25, -0.2) is 0 Å². The highest BCUT2D eigenvalue weighted by atomic mass is 16.3. The molecule has 1 heteroatoms. The van der Waals surface area contributed by atoms with Crippen molar-refractivity contribution in [3.8, 4) is 11.8 Å². The molecule has 1 unspecified atom stereocenters. The van der Waals surface area contributed by atoms with E-state index in [4.69, 9.17) is 0 Å². The Balaban J connectivity index is 2.58. The molecule has 0 saturated heterocycles. The third-order valence-electron chi connectivity index (χ3n) is 2.23. The van der Waals surface area contributed by atoms with Gasteiger partial charge in [-0.3, -0.25) is 0 Å². The van der Waals surface area contributed by atoms with Crippen LogP contribution in [0.4, 0.5) is 0 Å². The predicted molar refractivity (Wildman–Crippen MR) is 46.0 cm³/mol. The van der Waals surface area contributed by atoms with Crippen LogP contribution in [0.1, 0.15) is 39.5 Å². The summed E-state index contributed by atoms with van der Waals surface area (Å²) in [6.07, 6.45) is 4.16. The summed E-state index contributed by atoms with van der Waals surface area (Å²) < 4.78 is 0. The van der Waals surface area contributed by atoms with E-state index < -0.39 is 5.60 Å². The summed E-state index contributed by atoms with van der Waals surface area (Å²) in [6.45, 7) is 3.88. The van der Waals surface area contributed by atoms with Crippen LogP contribution in [0.5, 0.6) is 0 Å². The maximum atomic E-state index is 9.98. The largest absolute Gasteiger partial charge is 0.377 e. The molecule has 0 aromatic heterocycles. The Hall–Kier alpha value is -0.480. The lowest BCUT2D eigenvalue weighted by molar-refractivity contribution is 0.0677. The summed E-state index contributed by atoms with van der Waals surface area (Å²) in [5.41, 5.74) is -0.649. The van der Waals surface area contributed by atoms with Crippen LogP contribution in [0.15, 0.2) is 0 Å². The van der Waals surface area contributed by atoms with Gasteiger partial charge in [-0.2, -0.15) is 0 Å². The second-order valence-corrected chi connectivity index (χ2v) is 3.32. The van der Waals surface area contributed by atoms with Gasteiger partial charge >= 0.3 is 0 Å². The molecule has 0 spiro atoms. The molecule has 0 bridgehead atoms. The molecule has 0 amide bonds. The first kappa shape index (κ1) is 8.62. The summed E-state index contributed by atoms with van der Waals surface area (Å²) in [6, 6.07) is 0. The Morgan fingerprint density at radius 3 is 2.55 bits per heavy atom. The van der Waals surface area contributed by atoms with Crippen molar-refractivity contribution in [1.82, 2.24) is 0 Å². The molecule has 1 nitrogen and oxygen atoms in total. The zero-order chi connectivity index (χ0) is 8.32. The maximum Gasteiger partial charge on any atom is 0.128 e. The van der Waals surface area contributed by atoms with Crippen molar-refractivity contribution < 1.29 is 5.11 Å². The summed E-state index contributed by atoms with van der Waals surface area (Å²) >= 11 is 0. The molecule has 0 aliphatic heterocycles. The highest BCUT2D eigenvalue weighted by Gasteiger charge is 2.41. The Kier molecular flexibility index (Phi) is 2.57. The number of rotatable bonds is 3. The normalized spacial score (nSPS) is 21.7. The quantitative estimate of drug-likeness (QED) is 0.613. The molecule has 1 fully saturated rings.